The lowest BCUT2D eigenvalue weighted by atomic mass is 9.94. The van der Waals surface area contributed by atoms with Gasteiger partial charge in [0, 0.05) is 6.42 Å². The number of aryl methyl sites for hydroxylation is 2. The van der Waals surface area contributed by atoms with E-state index in [4.69, 9.17) is 37.4 Å². The Kier molecular flexibility index (Phi) is 7.57. The minimum absolute atomic E-state index is 0.0385. The maximum absolute atomic E-state index is 13.1. The highest BCUT2D eigenvalue weighted by atomic mass is 35.5. The molecule has 2 aromatic carbocycles. The lowest BCUT2D eigenvalue weighted by Gasteiger charge is -2.32. The fourth-order valence-corrected chi connectivity index (χ4v) is 5.00. The molecule has 0 N–H and O–H groups in total. The van der Waals surface area contributed by atoms with Crippen LogP contribution >= 0.6 is 23.2 Å². The number of carbonyl (C=O) groups excluding carboxylic acids is 2. The van der Waals surface area contributed by atoms with Gasteiger partial charge in [0.25, 0.3) is 0 Å². The van der Waals surface area contributed by atoms with Crippen molar-refractivity contribution in [2.75, 3.05) is 6.61 Å². The lowest BCUT2D eigenvalue weighted by molar-refractivity contribution is -0.132. The highest BCUT2D eigenvalue weighted by Crippen LogP contribution is 2.43. The number of hydrogen-bond donors (Lipinski definition) is 0. The molecule has 39 heavy (non-hydrogen) atoms. The van der Waals surface area contributed by atoms with Crippen LogP contribution in [0.2, 0.25) is 10.4 Å². The Morgan fingerprint density at radius 1 is 1.00 bits per heavy atom. The van der Waals surface area contributed by atoms with Gasteiger partial charge in [-0.25, -0.2) is 19.6 Å². The number of benzene rings is 2. The lowest BCUT2D eigenvalue weighted by Crippen LogP contribution is -2.46. The zero-order chi connectivity index (χ0) is 27.7. The second-order valence-corrected chi connectivity index (χ2v) is 10.2. The Morgan fingerprint density at radius 3 is 2.23 bits per heavy atom. The number of rotatable bonds is 7. The molecule has 2 aromatic heterocycles. The predicted octanol–water partition coefficient (Wildman–Crippen LogP) is 5.90. The molecule has 0 amide bonds. The molecule has 202 valence electrons. The van der Waals surface area contributed by atoms with E-state index in [9.17, 15) is 9.59 Å². The largest absolute Gasteiger partial charge is 0.459 e. The van der Waals surface area contributed by atoms with Gasteiger partial charge in [-0.2, -0.15) is 4.98 Å². The molecule has 0 bridgehead atoms. The summed E-state index contributed by atoms with van der Waals surface area (Å²) >= 11 is 12.3. The van der Waals surface area contributed by atoms with Gasteiger partial charge >= 0.3 is 11.9 Å². The number of aromatic nitrogens is 4. The minimum atomic E-state index is -1.14. The first kappa shape index (κ1) is 27.1. The van der Waals surface area contributed by atoms with E-state index in [2.05, 4.69) is 15.0 Å². The maximum Gasteiger partial charge on any atom is 0.338 e. The molecule has 0 saturated carbocycles. The van der Waals surface area contributed by atoms with E-state index in [1.54, 1.807) is 28.8 Å². The molecular formula is C28H26Cl2N4O5. The maximum atomic E-state index is 13.1. The zero-order valence-corrected chi connectivity index (χ0v) is 23.1. The molecule has 5 rings (SSSR count). The van der Waals surface area contributed by atoms with E-state index in [1.807, 2.05) is 45.0 Å². The molecule has 0 spiro atoms. The number of halogens is 2. The standard InChI is InChI=1S/C28H26Cl2N4O5/c1-4-28(14-37-25(35)18-9-5-16(2)6-10-18)20(38-26(36)19-11-7-17(3)8-12-19)13-21(39-28)34-15-31-22-23(29)32-27(30)33-24(22)34/h5-12,15,20-21H,4,13-14H2,1-3H3. The fraction of sp³-hybridized carbons (Fsp3) is 0.321. The molecule has 4 aromatic rings. The number of hydrogen-bond acceptors (Lipinski definition) is 8. The van der Waals surface area contributed by atoms with Crippen molar-refractivity contribution in [2.45, 2.75) is 51.5 Å². The van der Waals surface area contributed by atoms with Crippen LogP contribution in [0.15, 0.2) is 54.9 Å². The summed E-state index contributed by atoms with van der Waals surface area (Å²) in [4.78, 5) is 38.5. The van der Waals surface area contributed by atoms with Gasteiger partial charge in [-0.3, -0.25) is 4.57 Å². The van der Waals surface area contributed by atoms with Crippen molar-refractivity contribution in [1.29, 1.82) is 0 Å². The van der Waals surface area contributed by atoms with Crippen molar-refractivity contribution in [3.05, 3.63) is 87.5 Å². The summed E-state index contributed by atoms with van der Waals surface area (Å²) in [5, 5.41) is 0.0706. The first-order chi connectivity index (χ1) is 18.7. The van der Waals surface area contributed by atoms with E-state index in [0.717, 1.165) is 11.1 Å². The number of carbonyl (C=O) groups is 2. The van der Waals surface area contributed by atoms with Gasteiger partial charge in [0.15, 0.2) is 10.8 Å². The molecule has 1 saturated heterocycles. The minimum Gasteiger partial charge on any atom is -0.459 e. The van der Waals surface area contributed by atoms with Crippen LogP contribution in [-0.4, -0.2) is 49.8 Å². The second-order valence-electron chi connectivity index (χ2n) is 9.54. The highest BCUT2D eigenvalue weighted by molar-refractivity contribution is 6.35. The van der Waals surface area contributed by atoms with E-state index >= 15 is 0 Å². The van der Waals surface area contributed by atoms with Crippen LogP contribution in [-0.2, 0) is 14.2 Å². The Hall–Kier alpha value is -3.53. The van der Waals surface area contributed by atoms with Gasteiger partial charge in [-0.15, -0.1) is 0 Å². The predicted molar refractivity (Wildman–Crippen MR) is 145 cm³/mol. The van der Waals surface area contributed by atoms with Gasteiger partial charge in [0.1, 0.15) is 30.1 Å². The number of ether oxygens (including phenoxy) is 3. The Labute approximate surface area is 235 Å². The first-order valence-electron chi connectivity index (χ1n) is 12.4. The molecule has 1 fully saturated rings. The highest BCUT2D eigenvalue weighted by Gasteiger charge is 2.52. The summed E-state index contributed by atoms with van der Waals surface area (Å²) in [6, 6.07) is 14.2. The van der Waals surface area contributed by atoms with Crippen LogP contribution in [0.4, 0.5) is 0 Å². The van der Waals surface area contributed by atoms with Crippen LogP contribution in [0.5, 0.6) is 0 Å². The Bertz CT molecular complexity index is 1520. The van der Waals surface area contributed by atoms with Gasteiger partial charge < -0.3 is 14.2 Å². The average molecular weight is 569 g/mol. The van der Waals surface area contributed by atoms with Crippen LogP contribution in [0, 0.1) is 13.8 Å². The van der Waals surface area contributed by atoms with Crippen molar-refractivity contribution in [3.8, 4) is 0 Å². The summed E-state index contributed by atoms with van der Waals surface area (Å²) in [5.41, 5.74) is 2.46. The zero-order valence-electron chi connectivity index (χ0n) is 21.6. The third-order valence-corrected chi connectivity index (χ3v) is 7.34. The van der Waals surface area contributed by atoms with Crippen molar-refractivity contribution < 1.29 is 23.8 Å². The number of esters is 2. The van der Waals surface area contributed by atoms with Crippen LogP contribution in [0.3, 0.4) is 0 Å². The molecule has 3 unspecified atom stereocenters. The smallest absolute Gasteiger partial charge is 0.338 e. The number of imidazole rings is 1. The molecule has 3 atom stereocenters. The van der Waals surface area contributed by atoms with E-state index < -0.39 is 29.9 Å². The summed E-state index contributed by atoms with van der Waals surface area (Å²) in [6.45, 7) is 5.62. The van der Waals surface area contributed by atoms with Gasteiger partial charge in [-0.05, 0) is 56.1 Å². The summed E-state index contributed by atoms with van der Waals surface area (Å²) in [6.07, 6.45) is 0.746. The van der Waals surface area contributed by atoms with Crippen molar-refractivity contribution in [3.63, 3.8) is 0 Å². The Morgan fingerprint density at radius 2 is 1.62 bits per heavy atom. The molecule has 3 heterocycles. The molecule has 11 heteroatoms. The quantitative estimate of drug-likeness (QED) is 0.154. The SMILES string of the molecule is CCC1(COC(=O)c2ccc(C)cc2)OC(n2cnc3c(Cl)nc(Cl)nc32)CC1OC(=O)c1ccc(C)cc1. The Balaban J connectivity index is 1.45. The van der Waals surface area contributed by atoms with E-state index in [1.165, 1.54) is 6.33 Å². The molecular weight excluding hydrogens is 543 g/mol. The molecule has 1 aliphatic heterocycles. The third kappa shape index (κ3) is 5.48. The van der Waals surface area contributed by atoms with Gasteiger partial charge in [-0.1, -0.05) is 53.9 Å². The van der Waals surface area contributed by atoms with Crippen LogP contribution < -0.4 is 0 Å². The summed E-state index contributed by atoms with van der Waals surface area (Å²) in [5.74, 6) is -1.01. The van der Waals surface area contributed by atoms with Crippen molar-refractivity contribution >= 4 is 46.3 Å². The topological polar surface area (TPSA) is 105 Å². The fourth-order valence-electron chi connectivity index (χ4n) is 4.57. The van der Waals surface area contributed by atoms with Gasteiger partial charge in [0.2, 0.25) is 5.28 Å². The number of fused-ring (bicyclic) bond motifs is 1. The van der Waals surface area contributed by atoms with Gasteiger partial charge in [0.05, 0.1) is 17.5 Å². The van der Waals surface area contributed by atoms with Crippen LogP contribution in [0.25, 0.3) is 11.2 Å². The number of nitrogens with zero attached hydrogens (tertiary/aromatic N) is 4. The average Bonchev–Trinajstić information content (AvgIpc) is 3.50. The van der Waals surface area contributed by atoms with Crippen molar-refractivity contribution in [1.82, 2.24) is 19.5 Å². The van der Waals surface area contributed by atoms with E-state index in [-0.39, 0.29) is 23.5 Å². The summed E-state index contributed by atoms with van der Waals surface area (Å²) < 4.78 is 19.9. The third-order valence-electron chi connectivity index (χ3n) is 6.90. The normalized spacial score (nSPS) is 20.7. The monoisotopic (exact) mass is 568 g/mol. The first-order valence-corrected chi connectivity index (χ1v) is 13.2. The van der Waals surface area contributed by atoms with Crippen molar-refractivity contribution in [2.24, 2.45) is 0 Å². The molecule has 0 radical (unpaired) electrons. The molecule has 9 nitrogen and oxygen atoms in total. The van der Waals surface area contributed by atoms with Crippen LogP contribution in [0.1, 0.15) is 57.8 Å². The second kappa shape index (κ2) is 10.9. The molecule has 1 aliphatic rings. The summed E-state index contributed by atoms with van der Waals surface area (Å²) in [7, 11) is 0. The molecule has 0 aliphatic carbocycles. The van der Waals surface area contributed by atoms with E-state index in [0.29, 0.717) is 28.7 Å².